The molecule has 1 saturated heterocycles. The molecule has 1 N–H and O–H groups in total. The third kappa shape index (κ3) is 3.96. The predicted molar refractivity (Wildman–Crippen MR) is 83.5 cm³/mol. The molecule has 1 atom stereocenters. The molecule has 6 nitrogen and oxygen atoms in total. The van der Waals surface area contributed by atoms with Crippen LogP contribution in [0.1, 0.15) is 52.1 Å². The van der Waals surface area contributed by atoms with Crippen molar-refractivity contribution in [1.82, 2.24) is 9.88 Å². The molecule has 0 aliphatic carbocycles. The highest BCUT2D eigenvalue weighted by Gasteiger charge is 2.30. The van der Waals surface area contributed by atoms with Gasteiger partial charge in [0.25, 0.3) is 0 Å². The van der Waals surface area contributed by atoms with Crippen LogP contribution in [-0.4, -0.2) is 34.0 Å². The minimum Gasteiger partial charge on any atom is -0.444 e. The summed E-state index contributed by atoms with van der Waals surface area (Å²) in [5, 5.41) is 2.69. The Labute approximate surface area is 130 Å². The number of carbonyl (C=O) groups is 2. The predicted octanol–water partition coefficient (Wildman–Crippen LogP) is 3.11. The Morgan fingerprint density at radius 1 is 1.41 bits per heavy atom. The number of rotatable bonds is 2. The number of hydrogen-bond donors (Lipinski definition) is 1. The molecule has 0 saturated carbocycles. The average Bonchev–Trinajstić information content (AvgIpc) is 2.86. The van der Waals surface area contributed by atoms with E-state index in [9.17, 15) is 9.59 Å². The summed E-state index contributed by atoms with van der Waals surface area (Å²) in [4.78, 5) is 29.8. The molecular weight excluding hydrogens is 282 g/mol. The number of anilines is 1. The molecule has 0 radical (unpaired) electrons. The molecule has 1 aromatic heterocycles. The minimum atomic E-state index is -0.572. The zero-order valence-electron chi connectivity index (χ0n) is 13.5. The van der Waals surface area contributed by atoms with Crippen LogP contribution in [0.2, 0.25) is 0 Å². The smallest absolute Gasteiger partial charge is 0.413 e. The normalized spacial score (nSPS) is 18.2. The number of amides is 2. The van der Waals surface area contributed by atoms with Gasteiger partial charge in [-0.3, -0.25) is 10.1 Å². The van der Waals surface area contributed by atoms with Gasteiger partial charge in [0.15, 0.2) is 0 Å². The largest absolute Gasteiger partial charge is 0.444 e. The van der Waals surface area contributed by atoms with Crippen molar-refractivity contribution in [2.45, 2.75) is 52.2 Å². The van der Waals surface area contributed by atoms with Gasteiger partial charge in [-0.05, 0) is 39.7 Å². The second-order valence-electron chi connectivity index (χ2n) is 6.44. The van der Waals surface area contributed by atoms with Crippen LogP contribution in [-0.2, 0) is 9.53 Å². The molecule has 1 fully saturated rings. The second-order valence-corrected chi connectivity index (χ2v) is 6.44. The molecule has 2 heterocycles. The second kappa shape index (κ2) is 6.34. The molecule has 1 aliphatic rings. The van der Waals surface area contributed by atoms with E-state index in [1.165, 1.54) is 0 Å². The van der Waals surface area contributed by atoms with Gasteiger partial charge in [0.05, 0.1) is 6.04 Å². The van der Waals surface area contributed by atoms with E-state index in [4.69, 9.17) is 4.74 Å². The fourth-order valence-corrected chi connectivity index (χ4v) is 2.66. The van der Waals surface area contributed by atoms with Crippen molar-refractivity contribution in [3.8, 4) is 0 Å². The SMILES string of the molecule is CC(=O)N1CCC[C@H]1c1cccnc1NC(=O)OC(C)(C)C. The highest BCUT2D eigenvalue weighted by Crippen LogP contribution is 2.35. The van der Waals surface area contributed by atoms with Crippen molar-refractivity contribution >= 4 is 17.8 Å². The van der Waals surface area contributed by atoms with Crippen LogP contribution in [0.15, 0.2) is 18.3 Å². The molecule has 0 aromatic carbocycles. The van der Waals surface area contributed by atoms with Gasteiger partial charge in [0.1, 0.15) is 11.4 Å². The zero-order chi connectivity index (χ0) is 16.3. The molecule has 0 spiro atoms. The number of nitrogens with one attached hydrogen (secondary N) is 1. The third-order valence-electron chi connectivity index (χ3n) is 3.47. The van der Waals surface area contributed by atoms with Gasteiger partial charge in [0, 0.05) is 25.2 Å². The topological polar surface area (TPSA) is 71.5 Å². The number of carbonyl (C=O) groups excluding carboxylic acids is 2. The lowest BCUT2D eigenvalue weighted by molar-refractivity contribution is -0.129. The summed E-state index contributed by atoms with van der Waals surface area (Å²) in [6.45, 7) is 7.72. The van der Waals surface area contributed by atoms with Gasteiger partial charge in [0.2, 0.25) is 5.91 Å². The number of likely N-dealkylation sites (tertiary alicyclic amines) is 1. The van der Waals surface area contributed by atoms with Crippen molar-refractivity contribution in [2.75, 3.05) is 11.9 Å². The van der Waals surface area contributed by atoms with Gasteiger partial charge >= 0.3 is 6.09 Å². The Bertz CT molecular complexity index is 566. The Morgan fingerprint density at radius 3 is 2.77 bits per heavy atom. The Morgan fingerprint density at radius 2 is 2.14 bits per heavy atom. The number of aromatic nitrogens is 1. The quantitative estimate of drug-likeness (QED) is 0.911. The van der Waals surface area contributed by atoms with Gasteiger partial charge in [-0.2, -0.15) is 0 Å². The maximum Gasteiger partial charge on any atom is 0.413 e. The fourth-order valence-electron chi connectivity index (χ4n) is 2.66. The first kappa shape index (κ1) is 16.3. The summed E-state index contributed by atoms with van der Waals surface area (Å²) < 4.78 is 5.26. The lowest BCUT2D eigenvalue weighted by Gasteiger charge is -2.25. The summed E-state index contributed by atoms with van der Waals surface area (Å²) >= 11 is 0. The van der Waals surface area contributed by atoms with Crippen molar-refractivity contribution in [1.29, 1.82) is 0 Å². The van der Waals surface area contributed by atoms with Gasteiger partial charge < -0.3 is 9.64 Å². The lowest BCUT2D eigenvalue weighted by atomic mass is 10.1. The first-order chi connectivity index (χ1) is 10.3. The number of hydrogen-bond acceptors (Lipinski definition) is 4. The van der Waals surface area contributed by atoms with Crippen molar-refractivity contribution in [2.24, 2.45) is 0 Å². The van der Waals surface area contributed by atoms with E-state index in [2.05, 4.69) is 10.3 Å². The van der Waals surface area contributed by atoms with Crippen LogP contribution >= 0.6 is 0 Å². The van der Waals surface area contributed by atoms with Gasteiger partial charge in [-0.1, -0.05) is 6.07 Å². The van der Waals surface area contributed by atoms with Gasteiger partial charge in [-0.25, -0.2) is 9.78 Å². The van der Waals surface area contributed by atoms with Gasteiger partial charge in [-0.15, -0.1) is 0 Å². The molecular formula is C16H23N3O3. The molecule has 1 aromatic rings. The first-order valence-corrected chi connectivity index (χ1v) is 7.50. The number of pyridine rings is 1. The van der Waals surface area contributed by atoms with E-state index < -0.39 is 11.7 Å². The molecule has 1 aliphatic heterocycles. The lowest BCUT2D eigenvalue weighted by Crippen LogP contribution is -2.30. The summed E-state index contributed by atoms with van der Waals surface area (Å²) in [6.07, 6.45) is 2.89. The molecule has 2 amide bonds. The summed E-state index contributed by atoms with van der Waals surface area (Å²) in [6, 6.07) is 3.66. The Kier molecular flexibility index (Phi) is 4.68. The van der Waals surface area contributed by atoms with Crippen LogP contribution in [0, 0.1) is 0 Å². The maximum absolute atomic E-state index is 12.0. The standard InChI is InChI=1S/C16H23N3O3/c1-11(20)19-10-6-8-13(19)12-7-5-9-17-14(12)18-15(21)22-16(2,3)4/h5,7,9,13H,6,8,10H2,1-4H3,(H,17,18,21)/t13-/m0/s1. The number of ether oxygens (including phenoxy) is 1. The molecule has 0 unspecified atom stereocenters. The van der Waals surface area contributed by atoms with E-state index in [0.29, 0.717) is 5.82 Å². The van der Waals surface area contributed by atoms with E-state index in [1.807, 2.05) is 17.0 Å². The summed E-state index contributed by atoms with van der Waals surface area (Å²) in [7, 11) is 0. The average molecular weight is 305 g/mol. The Hall–Kier alpha value is -2.11. The van der Waals surface area contributed by atoms with E-state index in [-0.39, 0.29) is 11.9 Å². The Balaban J connectivity index is 2.20. The molecule has 2 rings (SSSR count). The van der Waals surface area contributed by atoms with E-state index >= 15 is 0 Å². The maximum atomic E-state index is 12.0. The molecule has 120 valence electrons. The number of nitrogens with zero attached hydrogens (tertiary/aromatic N) is 2. The highest BCUT2D eigenvalue weighted by atomic mass is 16.6. The van der Waals surface area contributed by atoms with Crippen LogP contribution in [0.4, 0.5) is 10.6 Å². The van der Waals surface area contributed by atoms with Crippen LogP contribution in [0.5, 0.6) is 0 Å². The van der Waals surface area contributed by atoms with Crippen molar-refractivity contribution in [3.05, 3.63) is 23.9 Å². The molecule has 6 heteroatoms. The van der Waals surface area contributed by atoms with Crippen molar-refractivity contribution < 1.29 is 14.3 Å². The highest BCUT2D eigenvalue weighted by molar-refractivity contribution is 5.85. The van der Waals surface area contributed by atoms with Crippen LogP contribution in [0.3, 0.4) is 0 Å². The van der Waals surface area contributed by atoms with Crippen LogP contribution < -0.4 is 5.32 Å². The molecule has 22 heavy (non-hydrogen) atoms. The minimum absolute atomic E-state index is 0.0366. The van der Waals surface area contributed by atoms with E-state index in [1.54, 1.807) is 33.9 Å². The third-order valence-corrected chi connectivity index (χ3v) is 3.47. The zero-order valence-corrected chi connectivity index (χ0v) is 13.5. The fraction of sp³-hybridized carbons (Fsp3) is 0.562. The van der Waals surface area contributed by atoms with Crippen LogP contribution in [0.25, 0.3) is 0 Å². The summed E-state index contributed by atoms with van der Waals surface area (Å²) in [5.41, 5.74) is 0.277. The summed E-state index contributed by atoms with van der Waals surface area (Å²) in [5.74, 6) is 0.490. The monoisotopic (exact) mass is 305 g/mol. The van der Waals surface area contributed by atoms with E-state index in [0.717, 1.165) is 24.9 Å². The molecule has 0 bridgehead atoms. The first-order valence-electron chi connectivity index (χ1n) is 7.50. The van der Waals surface area contributed by atoms with Crippen molar-refractivity contribution in [3.63, 3.8) is 0 Å².